The molecule has 2 rings (SSSR count). The van der Waals surface area contributed by atoms with Crippen LogP contribution in [0.25, 0.3) is 0 Å². The van der Waals surface area contributed by atoms with Crippen LogP contribution in [0, 0.1) is 5.92 Å². The summed E-state index contributed by atoms with van der Waals surface area (Å²) in [7, 11) is 3.09. The summed E-state index contributed by atoms with van der Waals surface area (Å²) >= 11 is 0. The van der Waals surface area contributed by atoms with E-state index in [2.05, 4.69) is 19.2 Å². The number of urea groups is 1. The number of rotatable bonds is 9. The summed E-state index contributed by atoms with van der Waals surface area (Å²) in [4.78, 5) is 37.8. The zero-order chi connectivity index (χ0) is 20.0. The summed E-state index contributed by atoms with van der Waals surface area (Å²) in [6.07, 6.45) is 0.949. The summed E-state index contributed by atoms with van der Waals surface area (Å²) in [5, 5.41) is 2.71. The van der Waals surface area contributed by atoms with Gasteiger partial charge in [-0.25, -0.2) is 4.79 Å². The van der Waals surface area contributed by atoms with Crippen LogP contribution in [0.15, 0.2) is 18.2 Å². The van der Waals surface area contributed by atoms with Crippen molar-refractivity contribution >= 4 is 17.8 Å². The largest absolute Gasteiger partial charge is 0.493 e. The topological polar surface area (TPSA) is 88.2 Å². The Morgan fingerprint density at radius 2 is 2.00 bits per heavy atom. The molecule has 1 saturated heterocycles. The minimum absolute atomic E-state index is 0.00157. The number of methoxy groups -OCH3 is 1. The van der Waals surface area contributed by atoms with Crippen LogP contribution in [0.2, 0.25) is 0 Å². The third kappa shape index (κ3) is 5.60. The molecule has 27 heavy (non-hydrogen) atoms. The first-order valence-electron chi connectivity index (χ1n) is 8.93. The van der Waals surface area contributed by atoms with Gasteiger partial charge < -0.3 is 19.7 Å². The summed E-state index contributed by atoms with van der Waals surface area (Å²) in [5.74, 6) is 1.03. The van der Waals surface area contributed by atoms with Gasteiger partial charge in [-0.15, -0.1) is 0 Å². The number of hydrogen-bond acceptors (Lipinski definition) is 5. The van der Waals surface area contributed by atoms with Gasteiger partial charge in [0.05, 0.1) is 13.7 Å². The van der Waals surface area contributed by atoms with E-state index in [9.17, 15) is 14.4 Å². The summed E-state index contributed by atoms with van der Waals surface area (Å²) < 4.78 is 11.1. The highest BCUT2D eigenvalue weighted by molar-refractivity contribution is 6.04. The smallest absolute Gasteiger partial charge is 0.327 e. The molecule has 0 bridgehead atoms. The van der Waals surface area contributed by atoms with Gasteiger partial charge in [-0.2, -0.15) is 0 Å². The number of imide groups is 1. The normalized spacial score (nSPS) is 14.1. The van der Waals surface area contributed by atoms with Crippen LogP contribution in [0.5, 0.6) is 11.5 Å². The Morgan fingerprint density at radius 1 is 1.26 bits per heavy atom. The lowest BCUT2D eigenvalue weighted by molar-refractivity contribution is -0.130. The highest BCUT2D eigenvalue weighted by atomic mass is 16.5. The van der Waals surface area contributed by atoms with E-state index in [4.69, 9.17) is 9.47 Å². The number of ether oxygens (including phenoxy) is 2. The van der Waals surface area contributed by atoms with Crippen molar-refractivity contribution < 1.29 is 23.9 Å². The molecule has 1 aliphatic heterocycles. The molecule has 0 radical (unpaired) electrons. The molecule has 0 unspecified atom stereocenters. The molecule has 1 aromatic carbocycles. The number of hydrogen-bond donors (Lipinski definition) is 1. The maximum atomic E-state index is 12.1. The quantitative estimate of drug-likeness (QED) is 0.661. The molecule has 1 heterocycles. The minimum Gasteiger partial charge on any atom is -0.493 e. The van der Waals surface area contributed by atoms with Crippen LogP contribution in [-0.4, -0.2) is 61.5 Å². The predicted octanol–water partition coefficient (Wildman–Crippen LogP) is 1.63. The van der Waals surface area contributed by atoms with Crippen LogP contribution in [-0.2, 0) is 16.1 Å². The fourth-order valence-electron chi connectivity index (χ4n) is 2.57. The first kappa shape index (κ1) is 20.5. The van der Waals surface area contributed by atoms with Crippen molar-refractivity contribution in [3.8, 4) is 11.5 Å². The van der Waals surface area contributed by atoms with Gasteiger partial charge in [-0.3, -0.25) is 14.5 Å². The minimum atomic E-state index is -0.459. The molecule has 0 aliphatic carbocycles. The Labute approximate surface area is 159 Å². The Kier molecular flexibility index (Phi) is 7.04. The Bertz CT molecular complexity index is 705. The molecule has 1 N–H and O–H groups in total. The average Bonchev–Trinajstić information content (AvgIpc) is 2.86. The van der Waals surface area contributed by atoms with E-state index < -0.39 is 11.9 Å². The van der Waals surface area contributed by atoms with Gasteiger partial charge in [0.1, 0.15) is 13.1 Å². The number of benzene rings is 1. The van der Waals surface area contributed by atoms with Gasteiger partial charge in [0.25, 0.3) is 5.91 Å². The first-order chi connectivity index (χ1) is 12.8. The van der Waals surface area contributed by atoms with Crippen molar-refractivity contribution in [2.75, 3.05) is 33.9 Å². The van der Waals surface area contributed by atoms with E-state index in [1.54, 1.807) is 13.2 Å². The van der Waals surface area contributed by atoms with E-state index in [0.717, 1.165) is 16.9 Å². The molecule has 8 nitrogen and oxygen atoms in total. The number of carbonyl (C=O) groups excluding carboxylic acids is 3. The average molecular weight is 377 g/mol. The van der Waals surface area contributed by atoms with Gasteiger partial charge in [-0.05, 0) is 30.0 Å². The van der Waals surface area contributed by atoms with Crippen LogP contribution in [0.1, 0.15) is 25.8 Å². The molecule has 1 aliphatic rings. The molecular formula is C19H27N3O5. The maximum absolute atomic E-state index is 12.1. The third-order valence-corrected chi connectivity index (χ3v) is 4.20. The number of nitrogens with one attached hydrogen (secondary N) is 1. The Hall–Kier alpha value is -2.77. The SMILES string of the molecule is COc1cc(CNC(=O)CN2C(=O)CN(C)C2=O)ccc1OCCC(C)C. The second-order valence-corrected chi connectivity index (χ2v) is 6.91. The maximum Gasteiger partial charge on any atom is 0.327 e. The monoisotopic (exact) mass is 377 g/mol. The molecule has 0 saturated carbocycles. The van der Waals surface area contributed by atoms with Crippen molar-refractivity contribution in [1.29, 1.82) is 0 Å². The van der Waals surface area contributed by atoms with Crippen molar-refractivity contribution in [3.63, 3.8) is 0 Å². The van der Waals surface area contributed by atoms with E-state index in [1.807, 2.05) is 12.1 Å². The van der Waals surface area contributed by atoms with E-state index >= 15 is 0 Å². The summed E-state index contributed by atoms with van der Waals surface area (Å²) in [5.41, 5.74) is 0.826. The molecule has 8 heteroatoms. The van der Waals surface area contributed by atoms with Crippen LogP contribution >= 0.6 is 0 Å². The molecule has 148 valence electrons. The zero-order valence-electron chi connectivity index (χ0n) is 16.3. The van der Waals surface area contributed by atoms with Gasteiger partial charge >= 0.3 is 6.03 Å². The van der Waals surface area contributed by atoms with Gasteiger partial charge in [0.2, 0.25) is 5.91 Å². The van der Waals surface area contributed by atoms with Crippen LogP contribution in [0.3, 0.4) is 0 Å². The lowest BCUT2D eigenvalue weighted by Gasteiger charge is -2.15. The molecule has 0 aromatic heterocycles. The highest BCUT2D eigenvalue weighted by Gasteiger charge is 2.34. The molecule has 4 amide bonds. The number of carbonyl (C=O) groups is 3. The standard InChI is InChI=1S/C19H27N3O5/c1-13(2)7-8-27-15-6-5-14(9-16(15)26-4)10-20-17(23)11-22-18(24)12-21(3)19(22)25/h5-6,9,13H,7-8,10-12H2,1-4H3,(H,20,23). The van der Waals surface area contributed by atoms with Crippen molar-refractivity contribution in [2.24, 2.45) is 5.92 Å². The first-order valence-corrected chi connectivity index (χ1v) is 8.93. The zero-order valence-corrected chi connectivity index (χ0v) is 16.3. The highest BCUT2D eigenvalue weighted by Crippen LogP contribution is 2.28. The van der Waals surface area contributed by atoms with Gasteiger partial charge in [-0.1, -0.05) is 19.9 Å². The lowest BCUT2D eigenvalue weighted by Crippen LogP contribution is -2.40. The fourth-order valence-corrected chi connectivity index (χ4v) is 2.57. The number of nitrogens with zero attached hydrogens (tertiary/aromatic N) is 2. The van der Waals surface area contributed by atoms with E-state index in [-0.39, 0.29) is 25.5 Å². The Morgan fingerprint density at radius 3 is 2.59 bits per heavy atom. The van der Waals surface area contributed by atoms with Gasteiger partial charge in [0, 0.05) is 13.6 Å². The molecule has 0 spiro atoms. The Balaban J connectivity index is 1.88. The molecule has 1 fully saturated rings. The molecule has 0 atom stereocenters. The predicted molar refractivity (Wildman–Crippen MR) is 99.5 cm³/mol. The van der Waals surface area contributed by atoms with Gasteiger partial charge in [0.15, 0.2) is 11.5 Å². The summed E-state index contributed by atoms with van der Waals surface area (Å²) in [6.45, 7) is 4.85. The number of likely N-dealkylation sites (N-methyl/N-ethyl adjacent to an activating group) is 1. The summed E-state index contributed by atoms with van der Waals surface area (Å²) in [6, 6.07) is 4.99. The second kappa shape index (κ2) is 9.25. The van der Waals surface area contributed by atoms with E-state index in [0.29, 0.717) is 24.0 Å². The van der Waals surface area contributed by atoms with E-state index in [1.165, 1.54) is 11.9 Å². The van der Waals surface area contributed by atoms with Crippen molar-refractivity contribution in [2.45, 2.75) is 26.8 Å². The van der Waals surface area contributed by atoms with Crippen LogP contribution in [0.4, 0.5) is 4.79 Å². The van der Waals surface area contributed by atoms with Crippen molar-refractivity contribution in [1.82, 2.24) is 15.1 Å². The van der Waals surface area contributed by atoms with Crippen LogP contribution < -0.4 is 14.8 Å². The lowest BCUT2D eigenvalue weighted by atomic mass is 10.1. The molecule has 1 aromatic rings. The van der Waals surface area contributed by atoms with Crippen molar-refractivity contribution in [3.05, 3.63) is 23.8 Å². The third-order valence-electron chi connectivity index (χ3n) is 4.20. The fraction of sp³-hybridized carbons (Fsp3) is 0.526. The number of amides is 4. The second-order valence-electron chi connectivity index (χ2n) is 6.91. The molecular weight excluding hydrogens is 350 g/mol.